The molecule has 42 heavy (non-hydrogen) atoms. The third kappa shape index (κ3) is 5.52. The van der Waals surface area contributed by atoms with Crippen LogP contribution in [-0.4, -0.2) is 4.98 Å². The molecule has 4 aromatic carbocycles. The zero-order chi connectivity index (χ0) is 29.5. The molecule has 2 N–H and O–H groups in total. The maximum absolute atomic E-state index is 9.25. The molecule has 0 aliphatic heterocycles. The van der Waals surface area contributed by atoms with Gasteiger partial charge in [0.05, 0.1) is 5.69 Å². The Morgan fingerprint density at radius 3 is 1.86 bits per heavy atom. The maximum Gasteiger partial charge on any atom is 0.141 e. The topological polar surface area (TPSA) is 86.5 Å². The van der Waals surface area contributed by atoms with Crippen molar-refractivity contribution in [3.05, 3.63) is 150 Å². The third-order valence-corrected chi connectivity index (χ3v) is 7.17. The van der Waals surface area contributed by atoms with Crippen molar-refractivity contribution in [2.45, 2.75) is 6.42 Å². The number of hydrogen-bond acceptors (Lipinski definition) is 4. The van der Waals surface area contributed by atoms with Gasteiger partial charge in [0.1, 0.15) is 23.5 Å². The molecule has 0 radical (unpaired) electrons. The van der Waals surface area contributed by atoms with E-state index in [1.807, 2.05) is 48.6 Å². The third-order valence-electron chi connectivity index (χ3n) is 7.17. The molecule has 0 aliphatic carbocycles. The second-order valence-electron chi connectivity index (χ2n) is 9.69. The zero-order valence-electron chi connectivity index (χ0n) is 23.1. The van der Waals surface area contributed by atoms with Gasteiger partial charge in [-0.1, -0.05) is 116 Å². The second kappa shape index (κ2) is 12.5. The Hall–Kier alpha value is -5.97. The summed E-state index contributed by atoms with van der Waals surface area (Å²) in [5.74, 6) is 0. The molecular formula is C38H28N4. The summed E-state index contributed by atoms with van der Waals surface area (Å²) in [5.41, 5.74) is 15.4. The second-order valence-corrected chi connectivity index (χ2v) is 9.69. The standard InChI is InChI=1S/C38H28N4/c1-3-32-33(4-2)38(29-22-20-27(21-23-29)36-15-9-12-31(25-40)42-36)35-14-8-7-13-34(35)37(32)28-18-16-26(17-19-28)10-5-6-11-30(41)24-39/h3-9,11-23H,1-2,10,41H2/b6-5-,30-11-. The average Bonchev–Trinajstić information content (AvgIpc) is 3.05. The van der Waals surface area contributed by atoms with E-state index in [9.17, 15) is 5.26 Å². The van der Waals surface area contributed by atoms with Gasteiger partial charge in [-0.05, 0) is 74.3 Å². The van der Waals surface area contributed by atoms with Crippen molar-refractivity contribution in [1.82, 2.24) is 4.98 Å². The van der Waals surface area contributed by atoms with E-state index in [-0.39, 0.29) is 5.70 Å². The Morgan fingerprint density at radius 2 is 1.31 bits per heavy atom. The molecule has 4 heteroatoms. The lowest BCUT2D eigenvalue weighted by Crippen LogP contribution is -1.96. The first-order chi connectivity index (χ1) is 20.6. The van der Waals surface area contributed by atoms with Crippen LogP contribution in [0.25, 0.3) is 56.4 Å². The van der Waals surface area contributed by atoms with E-state index in [1.165, 1.54) is 0 Å². The van der Waals surface area contributed by atoms with Crippen LogP contribution in [-0.2, 0) is 6.42 Å². The van der Waals surface area contributed by atoms with Crippen molar-refractivity contribution in [1.29, 1.82) is 10.5 Å². The Bertz CT molecular complexity index is 1950. The molecule has 200 valence electrons. The molecule has 0 atom stereocenters. The van der Waals surface area contributed by atoms with E-state index in [0.29, 0.717) is 5.69 Å². The lowest BCUT2D eigenvalue weighted by atomic mass is 9.83. The van der Waals surface area contributed by atoms with Gasteiger partial charge in [-0.3, -0.25) is 0 Å². The fourth-order valence-electron chi connectivity index (χ4n) is 5.21. The first-order valence-electron chi connectivity index (χ1n) is 13.5. The van der Waals surface area contributed by atoms with Crippen LogP contribution in [0, 0.1) is 22.7 Å². The fourth-order valence-corrected chi connectivity index (χ4v) is 5.21. The summed E-state index contributed by atoms with van der Waals surface area (Å²) >= 11 is 0. The Labute approximate surface area is 246 Å². The molecule has 5 rings (SSSR count). The summed E-state index contributed by atoms with van der Waals surface area (Å²) in [4.78, 5) is 4.44. The molecular weight excluding hydrogens is 512 g/mol. The average molecular weight is 541 g/mol. The van der Waals surface area contributed by atoms with Crippen molar-refractivity contribution in [2.24, 2.45) is 5.73 Å². The van der Waals surface area contributed by atoms with Crippen molar-refractivity contribution in [2.75, 3.05) is 0 Å². The summed E-state index contributed by atoms with van der Waals surface area (Å²) in [6.45, 7) is 8.39. The van der Waals surface area contributed by atoms with Crippen molar-refractivity contribution >= 4 is 22.9 Å². The van der Waals surface area contributed by atoms with Crippen LogP contribution >= 0.6 is 0 Å². The number of benzene rings is 4. The summed E-state index contributed by atoms with van der Waals surface area (Å²) in [7, 11) is 0. The number of fused-ring (bicyclic) bond motifs is 1. The number of aromatic nitrogens is 1. The molecule has 0 unspecified atom stereocenters. The molecule has 0 saturated carbocycles. The van der Waals surface area contributed by atoms with Gasteiger partial charge in [-0.15, -0.1) is 0 Å². The summed E-state index contributed by atoms with van der Waals surface area (Å²) in [5, 5.41) is 20.3. The Morgan fingerprint density at radius 1 is 0.738 bits per heavy atom. The molecule has 0 aliphatic rings. The smallest absolute Gasteiger partial charge is 0.141 e. The van der Waals surface area contributed by atoms with E-state index < -0.39 is 0 Å². The van der Waals surface area contributed by atoms with E-state index in [4.69, 9.17) is 11.0 Å². The lowest BCUT2D eigenvalue weighted by Gasteiger charge is -2.20. The zero-order valence-corrected chi connectivity index (χ0v) is 23.1. The summed E-state index contributed by atoms with van der Waals surface area (Å²) in [6, 6.07) is 34.7. The van der Waals surface area contributed by atoms with Gasteiger partial charge >= 0.3 is 0 Å². The molecule has 0 spiro atoms. The fraction of sp³-hybridized carbons (Fsp3) is 0.0263. The maximum atomic E-state index is 9.25. The minimum atomic E-state index is 0.185. The van der Waals surface area contributed by atoms with Crippen LogP contribution in [0.4, 0.5) is 0 Å². The number of allylic oxidation sites excluding steroid dienone is 4. The highest BCUT2D eigenvalue weighted by atomic mass is 14.7. The molecule has 5 aromatic rings. The number of nitrogens with two attached hydrogens (primary N) is 1. The van der Waals surface area contributed by atoms with Gasteiger partial charge in [0.15, 0.2) is 0 Å². The molecule has 0 fully saturated rings. The van der Waals surface area contributed by atoms with Crippen LogP contribution in [0.2, 0.25) is 0 Å². The number of nitriles is 2. The molecule has 1 heterocycles. The van der Waals surface area contributed by atoms with Crippen molar-refractivity contribution in [3.8, 4) is 45.6 Å². The molecule has 0 bridgehead atoms. The van der Waals surface area contributed by atoms with Gasteiger partial charge in [-0.2, -0.15) is 10.5 Å². The van der Waals surface area contributed by atoms with E-state index in [0.717, 1.165) is 67.4 Å². The van der Waals surface area contributed by atoms with Gasteiger partial charge < -0.3 is 5.73 Å². The van der Waals surface area contributed by atoms with Crippen LogP contribution < -0.4 is 5.73 Å². The molecule has 4 nitrogen and oxygen atoms in total. The number of hydrogen-bond donors (Lipinski definition) is 1. The summed E-state index contributed by atoms with van der Waals surface area (Å²) in [6.07, 6.45) is 9.94. The number of nitrogens with zero attached hydrogens (tertiary/aromatic N) is 3. The number of rotatable bonds is 8. The van der Waals surface area contributed by atoms with Crippen molar-refractivity contribution in [3.63, 3.8) is 0 Å². The summed E-state index contributed by atoms with van der Waals surface area (Å²) < 4.78 is 0. The van der Waals surface area contributed by atoms with E-state index in [2.05, 4.69) is 84.9 Å². The predicted octanol–water partition coefficient (Wildman–Crippen LogP) is 8.86. The quantitative estimate of drug-likeness (QED) is 0.157. The van der Waals surface area contributed by atoms with Gasteiger partial charge in [0.25, 0.3) is 0 Å². The lowest BCUT2D eigenvalue weighted by molar-refractivity contribution is 1.27. The van der Waals surface area contributed by atoms with Crippen LogP contribution in [0.3, 0.4) is 0 Å². The normalized spacial score (nSPS) is 11.2. The highest BCUT2D eigenvalue weighted by Crippen LogP contribution is 2.43. The van der Waals surface area contributed by atoms with Crippen LogP contribution in [0.5, 0.6) is 0 Å². The Kier molecular flexibility index (Phi) is 8.19. The van der Waals surface area contributed by atoms with Gasteiger partial charge in [-0.25, -0.2) is 4.98 Å². The predicted molar refractivity (Wildman–Crippen MR) is 174 cm³/mol. The van der Waals surface area contributed by atoms with E-state index in [1.54, 1.807) is 18.2 Å². The highest BCUT2D eigenvalue weighted by Gasteiger charge is 2.18. The monoisotopic (exact) mass is 540 g/mol. The number of pyridine rings is 1. The van der Waals surface area contributed by atoms with E-state index >= 15 is 0 Å². The largest absolute Gasteiger partial charge is 0.390 e. The molecule has 1 aromatic heterocycles. The Balaban J connectivity index is 1.59. The van der Waals surface area contributed by atoms with Crippen molar-refractivity contribution < 1.29 is 0 Å². The minimum absolute atomic E-state index is 0.185. The SMILES string of the molecule is C=Cc1c(C=C)c(-c2ccc(-c3cccc(C#N)n3)cc2)c2ccccc2c1-c1ccc(C/C=C\C=C(/N)C#N)cc1. The molecule has 0 saturated heterocycles. The highest BCUT2D eigenvalue weighted by molar-refractivity contribution is 6.11. The first-order valence-corrected chi connectivity index (χ1v) is 13.5. The van der Waals surface area contributed by atoms with Crippen LogP contribution in [0.15, 0.2) is 128 Å². The molecule has 0 amide bonds. The minimum Gasteiger partial charge on any atom is -0.390 e. The van der Waals surface area contributed by atoms with Gasteiger partial charge in [0, 0.05) is 5.56 Å². The first kappa shape index (κ1) is 27.6. The van der Waals surface area contributed by atoms with Gasteiger partial charge in [0.2, 0.25) is 0 Å². The van der Waals surface area contributed by atoms with Crippen LogP contribution in [0.1, 0.15) is 22.4 Å².